The van der Waals surface area contributed by atoms with Gasteiger partial charge in [-0.1, -0.05) is 6.07 Å². The first-order chi connectivity index (χ1) is 12.9. The van der Waals surface area contributed by atoms with Crippen LogP contribution in [0.1, 0.15) is 35.4 Å². The Bertz CT molecular complexity index is 982. The minimum absolute atomic E-state index is 0.0409. The zero-order valence-corrected chi connectivity index (χ0v) is 15.2. The molecule has 7 nitrogen and oxygen atoms in total. The average molecular weight is 370 g/mol. The van der Waals surface area contributed by atoms with Gasteiger partial charge < -0.3 is 19.7 Å². The predicted octanol–water partition coefficient (Wildman–Crippen LogP) is 1.20. The van der Waals surface area contributed by atoms with E-state index in [2.05, 4.69) is 5.32 Å². The van der Waals surface area contributed by atoms with Gasteiger partial charge in [0, 0.05) is 25.7 Å². The Morgan fingerprint density at radius 1 is 1.33 bits per heavy atom. The van der Waals surface area contributed by atoms with E-state index in [4.69, 9.17) is 4.42 Å². The molecule has 2 saturated heterocycles. The summed E-state index contributed by atoms with van der Waals surface area (Å²) >= 11 is 0. The maximum Gasteiger partial charge on any atom is 0.289 e. The van der Waals surface area contributed by atoms with Crippen LogP contribution in [-0.4, -0.2) is 47.6 Å². The number of nitrogens with one attached hydrogen (secondary N) is 1. The van der Waals surface area contributed by atoms with Crippen LogP contribution in [0, 0.1) is 12.3 Å². The molecular formula is C20H22N2O5. The number of piperidine rings is 2. The van der Waals surface area contributed by atoms with Gasteiger partial charge in [-0.2, -0.15) is 0 Å². The number of hydrogen-bond acceptors (Lipinski definition) is 5. The molecule has 1 spiro atoms. The van der Waals surface area contributed by atoms with Crippen LogP contribution in [0.5, 0.6) is 0 Å². The molecule has 2 fully saturated rings. The lowest BCUT2D eigenvalue weighted by atomic mass is 9.71. The summed E-state index contributed by atoms with van der Waals surface area (Å²) in [5, 5.41) is 13.7. The number of likely N-dealkylation sites (tertiary alicyclic amines) is 1. The van der Waals surface area contributed by atoms with Gasteiger partial charge in [-0.15, -0.1) is 0 Å². The first-order valence-electron chi connectivity index (χ1n) is 9.21. The zero-order valence-electron chi connectivity index (χ0n) is 15.2. The Balaban J connectivity index is 1.67. The molecular weight excluding hydrogens is 348 g/mol. The number of aryl methyl sites for hydroxylation is 1. The molecule has 1 aromatic carbocycles. The summed E-state index contributed by atoms with van der Waals surface area (Å²) in [6, 6.07) is 6.43. The number of aliphatic hydroxyl groups is 1. The molecule has 1 aromatic heterocycles. The number of carbonyl (C=O) groups is 2. The van der Waals surface area contributed by atoms with Crippen LogP contribution < -0.4 is 10.7 Å². The molecule has 27 heavy (non-hydrogen) atoms. The SMILES string of the molecule is Cc1ccc2c(=O)cc(C(=O)N3CC[C@@H](O)[C@@]4(CCCNC4=O)C3)oc2c1. The summed E-state index contributed by atoms with van der Waals surface area (Å²) in [6.07, 6.45) is 0.823. The van der Waals surface area contributed by atoms with Gasteiger partial charge >= 0.3 is 0 Å². The predicted molar refractivity (Wildman–Crippen MR) is 98.4 cm³/mol. The van der Waals surface area contributed by atoms with Crippen molar-refractivity contribution >= 4 is 22.8 Å². The number of amides is 2. The monoisotopic (exact) mass is 370 g/mol. The van der Waals surface area contributed by atoms with Crippen molar-refractivity contribution in [3.63, 3.8) is 0 Å². The largest absolute Gasteiger partial charge is 0.451 e. The van der Waals surface area contributed by atoms with Crippen molar-refractivity contribution in [1.29, 1.82) is 0 Å². The Morgan fingerprint density at radius 3 is 2.93 bits per heavy atom. The molecule has 2 aromatic rings. The van der Waals surface area contributed by atoms with Crippen molar-refractivity contribution in [1.82, 2.24) is 10.2 Å². The maximum absolute atomic E-state index is 13.0. The maximum atomic E-state index is 13.0. The normalized spacial score (nSPS) is 25.6. The van der Waals surface area contributed by atoms with E-state index in [9.17, 15) is 19.5 Å². The molecule has 2 aliphatic rings. The van der Waals surface area contributed by atoms with Crippen LogP contribution in [0.2, 0.25) is 0 Å². The molecule has 0 radical (unpaired) electrons. The number of fused-ring (bicyclic) bond motifs is 1. The average Bonchev–Trinajstić information content (AvgIpc) is 2.65. The smallest absolute Gasteiger partial charge is 0.289 e. The standard InChI is InChI=1S/C20H22N2O5/c1-12-3-4-13-14(23)10-16(27-15(13)9-12)18(25)22-8-5-17(24)20(11-22)6-2-7-21-19(20)26/h3-4,9-10,17,24H,2,5-8,11H2,1H3,(H,21,26)/t17-,20-/m1/s1. The third-order valence-electron chi connectivity index (χ3n) is 5.70. The quantitative estimate of drug-likeness (QED) is 0.786. The highest BCUT2D eigenvalue weighted by Crippen LogP contribution is 2.37. The van der Waals surface area contributed by atoms with Gasteiger partial charge in [0.25, 0.3) is 5.91 Å². The molecule has 2 N–H and O–H groups in total. The number of carbonyl (C=O) groups excluding carboxylic acids is 2. The van der Waals surface area contributed by atoms with E-state index in [1.54, 1.807) is 12.1 Å². The number of rotatable bonds is 1. The summed E-state index contributed by atoms with van der Waals surface area (Å²) in [7, 11) is 0. The summed E-state index contributed by atoms with van der Waals surface area (Å²) in [5.41, 5.74) is 0.0313. The molecule has 0 aliphatic carbocycles. The first-order valence-corrected chi connectivity index (χ1v) is 9.21. The van der Waals surface area contributed by atoms with Crippen LogP contribution in [0.3, 0.4) is 0 Å². The van der Waals surface area contributed by atoms with E-state index in [-0.39, 0.29) is 23.6 Å². The van der Waals surface area contributed by atoms with E-state index in [0.717, 1.165) is 12.0 Å². The third-order valence-corrected chi connectivity index (χ3v) is 5.70. The molecule has 0 unspecified atom stereocenters. The minimum Gasteiger partial charge on any atom is -0.451 e. The molecule has 0 saturated carbocycles. The zero-order chi connectivity index (χ0) is 19.2. The fourth-order valence-corrected chi connectivity index (χ4v) is 4.14. The summed E-state index contributed by atoms with van der Waals surface area (Å²) in [6.45, 7) is 2.89. The molecule has 4 rings (SSSR count). The van der Waals surface area contributed by atoms with E-state index in [1.807, 2.05) is 13.0 Å². The van der Waals surface area contributed by atoms with E-state index >= 15 is 0 Å². The molecule has 2 amide bonds. The number of benzene rings is 1. The summed E-state index contributed by atoms with van der Waals surface area (Å²) in [4.78, 5) is 39.3. The fraction of sp³-hybridized carbons (Fsp3) is 0.450. The lowest BCUT2D eigenvalue weighted by Gasteiger charge is -2.46. The lowest BCUT2D eigenvalue weighted by Crippen LogP contribution is -2.62. The molecule has 2 atom stereocenters. The van der Waals surface area contributed by atoms with Gasteiger partial charge in [0.15, 0.2) is 11.2 Å². The summed E-state index contributed by atoms with van der Waals surface area (Å²) < 4.78 is 5.71. The van der Waals surface area contributed by atoms with Crippen molar-refractivity contribution in [3.8, 4) is 0 Å². The van der Waals surface area contributed by atoms with Crippen molar-refractivity contribution in [2.45, 2.75) is 32.3 Å². The molecule has 2 aliphatic heterocycles. The van der Waals surface area contributed by atoms with Gasteiger partial charge in [-0.25, -0.2) is 0 Å². The van der Waals surface area contributed by atoms with Gasteiger partial charge in [0.2, 0.25) is 5.91 Å². The van der Waals surface area contributed by atoms with E-state index < -0.39 is 17.4 Å². The molecule has 7 heteroatoms. The van der Waals surface area contributed by atoms with Crippen molar-refractivity contribution in [2.75, 3.05) is 19.6 Å². The number of hydrogen-bond donors (Lipinski definition) is 2. The van der Waals surface area contributed by atoms with Crippen LogP contribution >= 0.6 is 0 Å². The third kappa shape index (κ3) is 2.92. The Kier molecular flexibility index (Phi) is 4.26. The van der Waals surface area contributed by atoms with Crippen molar-refractivity contribution < 1.29 is 19.1 Å². The van der Waals surface area contributed by atoms with Crippen LogP contribution in [0.25, 0.3) is 11.0 Å². The molecule has 0 bridgehead atoms. The number of aliphatic hydroxyl groups excluding tert-OH is 1. The van der Waals surface area contributed by atoms with E-state index in [1.165, 1.54) is 11.0 Å². The van der Waals surface area contributed by atoms with Gasteiger partial charge in [0.05, 0.1) is 16.9 Å². The van der Waals surface area contributed by atoms with Gasteiger partial charge in [-0.05, 0) is 43.9 Å². The summed E-state index contributed by atoms with van der Waals surface area (Å²) in [5.74, 6) is -0.685. The highest BCUT2D eigenvalue weighted by Gasteiger charge is 2.50. The second-order valence-electron chi connectivity index (χ2n) is 7.52. The lowest BCUT2D eigenvalue weighted by molar-refractivity contribution is -0.147. The first kappa shape index (κ1) is 17.7. The Hall–Kier alpha value is -2.67. The van der Waals surface area contributed by atoms with Crippen molar-refractivity contribution in [3.05, 3.63) is 45.8 Å². The molecule has 3 heterocycles. The highest BCUT2D eigenvalue weighted by atomic mass is 16.3. The van der Waals surface area contributed by atoms with Crippen LogP contribution in [-0.2, 0) is 4.79 Å². The van der Waals surface area contributed by atoms with Crippen LogP contribution in [0.15, 0.2) is 33.5 Å². The Morgan fingerprint density at radius 2 is 2.15 bits per heavy atom. The Labute approximate surface area is 156 Å². The van der Waals surface area contributed by atoms with Gasteiger partial charge in [0.1, 0.15) is 5.58 Å². The second-order valence-corrected chi connectivity index (χ2v) is 7.52. The van der Waals surface area contributed by atoms with Crippen molar-refractivity contribution in [2.24, 2.45) is 5.41 Å². The second kappa shape index (κ2) is 6.49. The minimum atomic E-state index is -0.986. The molecule has 142 valence electrons. The highest BCUT2D eigenvalue weighted by molar-refractivity contribution is 5.94. The van der Waals surface area contributed by atoms with Gasteiger partial charge in [-0.3, -0.25) is 14.4 Å². The van der Waals surface area contributed by atoms with Crippen LogP contribution in [0.4, 0.5) is 0 Å². The topological polar surface area (TPSA) is 99.9 Å². The number of nitrogens with zero attached hydrogens (tertiary/aromatic N) is 1. The fourth-order valence-electron chi connectivity index (χ4n) is 4.14. The van der Waals surface area contributed by atoms with E-state index in [0.29, 0.717) is 36.9 Å².